The molecule has 3 aromatic carbocycles. The monoisotopic (exact) mass is 488 g/mol. The number of anilines is 1. The van der Waals surface area contributed by atoms with Crippen molar-refractivity contribution in [1.82, 2.24) is 10.7 Å². The molecule has 3 rings (SSSR count). The molecule has 0 aliphatic heterocycles. The third-order valence-corrected chi connectivity index (χ3v) is 5.08. The van der Waals surface area contributed by atoms with E-state index in [-0.39, 0.29) is 19.1 Å². The van der Waals surface area contributed by atoms with Gasteiger partial charge in [-0.1, -0.05) is 42.0 Å². The summed E-state index contributed by atoms with van der Waals surface area (Å²) in [6.45, 7) is 3.94. The van der Waals surface area contributed by atoms with Crippen LogP contribution in [0.15, 0.2) is 71.8 Å². The second-order valence-corrected chi connectivity index (χ2v) is 7.96. The second-order valence-electron chi connectivity index (χ2n) is 7.96. The zero-order valence-corrected chi connectivity index (χ0v) is 20.3. The van der Waals surface area contributed by atoms with E-state index >= 15 is 0 Å². The number of ether oxygens (including phenoxy) is 2. The number of methoxy groups -OCH3 is 1. The molecule has 3 aromatic rings. The Morgan fingerprint density at radius 1 is 0.917 bits per heavy atom. The van der Waals surface area contributed by atoms with E-state index in [2.05, 4.69) is 21.2 Å². The fraction of sp³-hybridized carbons (Fsp3) is 0.185. The quantitative estimate of drug-likeness (QED) is 0.243. The summed E-state index contributed by atoms with van der Waals surface area (Å²) in [5, 5.41) is 9.16. The molecule has 0 fully saturated rings. The van der Waals surface area contributed by atoms with Crippen molar-refractivity contribution < 1.29 is 23.9 Å². The standard InChI is InChI=1S/C27H28N4O5/c1-18-7-12-24(19(2)13-18)30-25(32)17-36-23-6-4-5-21(14-23)16-29-31-27(34)26(33)28-15-20-8-10-22(35-3)11-9-20/h4-14,16H,15,17H2,1-3H3,(H,28,33)(H,30,32)(H,31,34)/b29-16-. The summed E-state index contributed by atoms with van der Waals surface area (Å²) >= 11 is 0. The molecule has 0 radical (unpaired) electrons. The minimum Gasteiger partial charge on any atom is -0.497 e. The largest absolute Gasteiger partial charge is 0.497 e. The number of nitrogens with zero attached hydrogens (tertiary/aromatic N) is 1. The van der Waals surface area contributed by atoms with Crippen LogP contribution in [0.1, 0.15) is 22.3 Å². The lowest BCUT2D eigenvalue weighted by molar-refractivity contribution is -0.139. The number of rotatable bonds is 9. The number of hydrogen-bond acceptors (Lipinski definition) is 6. The predicted octanol–water partition coefficient (Wildman–Crippen LogP) is 3.10. The highest BCUT2D eigenvalue weighted by Gasteiger charge is 2.12. The van der Waals surface area contributed by atoms with E-state index in [9.17, 15) is 14.4 Å². The van der Waals surface area contributed by atoms with E-state index in [0.29, 0.717) is 17.1 Å². The lowest BCUT2D eigenvalue weighted by Gasteiger charge is -2.10. The molecule has 0 aliphatic carbocycles. The molecule has 9 nitrogen and oxygen atoms in total. The maximum absolute atomic E-state index is 12.2. The van der Waals surface area contributed by atoms with Crippen molar-refractivity contribution >= 4 is 29.6 Å². The van der Waals surface area contributed by atoms with Gasteiger partial charge in [0, 0.05) is 12.2 Å². The Hall–Kier alpha value is -4.66. The lowest BCUT2D eigenvalue weighted by Crippen LogP contribution is -2.37. The molecule has 0 bridgehead atoms. The van der Waals surface area contributed by atoms with Crippen molar-refractivity contribution in [3.63, 3.8) is 0 Å². The molecule has 9 heteroatoms. The summed E-state index contributed by atoms with van der Waals surface area (Å²) in [5.74, 6) is -0.829. The van der Waals surface area contributed by atoms with Crippen LogP contribution in [0.25, 0.3) is 0 Å². The SMILES string of the molecule is COc1ccc(CNC(=O)C(=O)N/N=C\c2cccc(OCC(=O)Nc3ccc(C)cc3C)c2)cc1. The van der Waals surface area contributed by atoms with E-state index in [4.69, 9.17) is 9.47 Å². The molecular weight excluding hydrogens is 460 g/mol. The van der Waals surface area contributed by atoms with Crippen molar-refractivity contribution in [3.8, 4) is 11.5 Å². The highest BCUT2D eigenvalue weighted by atomic mass is 16.5. The van der Waals surface area contributed by atoms with E-state index in [1.165, 1.54) is 6.21 Å². The van der Waals surface area contributed by atoms with Crippen LogP contribution in [0.2, 0.25) is 0 Å². The van der Waals surface area contributed by atoms with E-state index < -0.39 is 11.8 Å². The molecule has 3 amide bonds. The molecule has 0 aliphatic rings. The summed E-state index contributed by atoms with van der Waals surface area (Å²) in [6.07, 6.45) is 1.37. The molecule has 186 valence electrons. The number of benzene rings is 3. The summed E-state index contributed by atoms with van der Waals surface area (Å²) in [4.78, 5) is 36.2. The summed E-state index contributed by atoms with van der Waals surface area (Å²) < 4.78 is 10.6. The average molecular weight is 489 g/mol. The van der Waals surface area contributed by atoms with Gasteiger partial charge in [0.05, 0.1) is 13.3 Å². The van der Waals surface area contributed by atoms with Crippen LogP contribution in [0.3, 0.4) is 0 Å². The molecule has 0 heterocycles. The molecule has 0 aromatic heterocycles. The van der Waals surface area contributed by atoms with Crippen LogP contribution >= 0.6 is 0 Å². The number of carbonyl (C=O) groups excluding carboxylic acids is 3. The summed E-state index contributed by atoms with van der Waals surface area (Å²) in [6, 6.07) is 19.7. The zero-order chi connectivity index (χ0) is 25.9. The van der Waals surface area contributed by atoms with Crippen LogP contribution in [-0.4, -0.2) is 37.7 Å². The average Bonchev–Trinajstić information content (AvgIpc) is 2.88. The maximum atomic E-state index is 12.2. The third kappa shape index (κ3) is 7.98. The zero-order valence-electron chi connectivity index (χ0n) is 20.3. The van der Waals surface area contributed by atoms with E-state index in [1.54, 1.807) is 55.6 Å². The number of hydrazone groups is 1. The molecule has 0 unspecified atom stereocenters. The molecule has 0 spiro atoms. The van der Waals surface area contributed by atoms with Gasteiger partial charge in [-0.15, -0.1) is 0 Å². The fourth-order valence-corrected chi connectivity index (χ4v) is 3.20. The predicted molar refractivity (Wildman–Crippen MR) is 137 cm³/mol. The van der Waals surface area contributed by atoms with Crippen molar-refractivity contribution in [3.05, 3.63) is 89.0 Å². The van der Waals surface area contributed by atoms with Gasteiger partial charge in [0.15, 0.2) is 6.61 Å². The smallest absolute Gasteiger partial charge is 0.329 e. The first-order valence-corrected chi connectivity index (χ1v) is 11.2. The van der Waals surface area contributed by atoms with Crippen LogP contribution in [0.5, 0.6) is 11.5 Å². The van der Waals surface area contributed by atoms with Crippen molar-refractivity contribution in [2.24, 2.45) is 5.10 Å². The van der Waals surface area contributed by atoms with Crippen LogP contribution in [0, 0.1) is 13.8 Å². The molecular formula is C27H28N4O5. The van der Waals surface area contributed by atoms with Crippen LogP contribution in [-0.2, 0) is 20.9 Å². The maximum Gasteiger partial charge on any atom is 0.329 e. The number of nitrogens with one attached hydrogen (secondary N) is 3. The van der Waals surface area contributed by atoms with Gasteiger partial charge in [0.25, 0.3) is 5.91 Å². The first-order valence-electron chi connectivity index (χ1n) is 11.2. The Kier molecular flexibility index (Phi) is 9.16. The molecule has 0 saturated heterocycles. The van der Waals surface area contributed by atoms with Gasteiger partial charge in [-0.25, -0.2) is 5.43 Å². The van der Waals surface area contributed by atoms with Crippen molar-refractivity contribution in [2.75, 3.05) is 19.0 Å². The number of carbonyl (C=O) groups is 3. The first-order chi connectivity index (χ1) is 17.3. The second kappa shape index (κ2) is 12.7. The van der Waals surface area contributed by atoms with Gasteiger partial charge in [-0.05, 0) is 60.9 Å². The normalized spacial score (nSPS) is 10.5. The topological polar surface area (TPSA) is 118 Å². The Bertz CT molecular complexity index is 1260. The Morgan fingerprint density at radius 3 is 2.42 bits per heavy atom. The summed E-state index contributed by atoms with van der Waals surface area (Å²) in [7, 11) is 1.57. The highest BCUT2D eigenvalue weighted by Crippen LogP contribution is 2.16. The third-order valence-electron chi connectivity index (χ3n) is 5.08. The van der Waals surface area contributed by atoms with Crippen molar-refractivity contribution in [2.45, 2.75) is 20.4 Å². The van der Waals surface area contributed by atoms with Crippen LogP contribution < -0.4 is 25.5 Å². The molecule has 0 atom stereocenters. The van der Waals surface area contributed by atoms with Gasteiger partial charge in [-0.3, -0.25) is 14.4 Å². The highest BCUT2D eigenvalue weighted by molar-refractivity contribution is 6.35. The minimum absolute atomic E-state index is 0.168. The van der Waals surface area contributed by atoms with E-state index in [0.717, 1.165) is 22.4 Å². The Labute approximate surface area is 209 Å². The lowest BCUT2D eigenvalue weighted by atomic mass is 10.1. The van der Waals surface area contributed by atoms with Gasteiger partial charge in [0.2, 0.25) is 0 Å². The fourth-order valence-electron chi connectivity index (χ4n) is 3.20. The Balaban J connectivity index is 1.44. The molecule has 0 saturated carbocycles. The van der Waals surface area contributed by atoms with Gasteiger partial charge in [0.1, 0.15) is 11.5 Å². The van der Waals surface area contributed by atoms with Gasteiger partial charge >= 0.3 is 11.8 Å². The van der Waals surface area contributed by atoms with E-state index in [1.807, 2.05) is 32.0 Å². The minimum atomic E-state index is -0.893. The van der Waals surface area contributed by atoms with Crippen molar-refractivity contribution in [1.29, 1.82) is 0 Å². The van der Waals surface area contributed by atoms with Gasteiger partial charge < -0.3 is 20.1 Å². The summed E-state index contributed by atoms with van der Waals surface area (Å²) in [5.41, 5.74) is 6.44. The molecule has 36 heavy (non-hydrogen) atoms. The van der Waals surface area contributed by atoms with Crippen LogP contribution in [0.4, 0.5) is 5.69 Å². The van der Waals surface area contributed by atoms with Gasteiger partial charge in [-0.2, -0.15) is 5.10 Å². The first kappa shape index (κ1) is 26.0. The number of amides is 3. The number of aryl methyl sites for hydroxylation is 2. The Morgan fingerprint density at radius 2 is 1.69 bits per heavy atom. The number of hydrogen-bond donors (Lipinski definition) is 3. The molecule has 3 N–H and O–H groups in total.